The van der Waals surface area contributed by atoms with E-state index in [4.69, 9.17) is 9.47 Å². The van der Waals surface area contributed by atoms with Gasteiger partial charge in [0.05, 0.1) is 18.5 Å². The zero-order chi connectivity index (χ0) is 36.1. The van der Waals surface area contributed by atoms with Crippen LogP contribution in [0.1, 0.15) is 71.3 Å². The molecular weight excluding hydrogens is 666 g/mol. The predicted molar refractivity (Wildman–Crippen MR) is 201 cm³/mol. The first-order chi connectivity index (χ1) is 24.6. The number of alkyl carbamates (subject to hydrolysis) is 1. The standard InChI is InChI=1S/C29H34FN3OS.C11H20N2O3/c30-26-10-15-29(31-20-26)25-8-6-23(7-9-25)21-32-16-18-33(19-17-32)35-28-13-11-27(12-14-28)34-22-24-4-2-1-3-5-24;1-11(2,3)16-10(15)12-9-4-6-13(8-14)7-5-9/h6-15,20,24H,1-5,16-19,21-22H2;8-9H,4-7H2,1-3H3,(H,12,15). The van der Waals surface area contributed by atoms with Gasteiger partial charge in [0.25, 0.3) is 0 Å². The molecule has 2 aromatic carbocycles. The van der Waals surface area contributed by atoms with Crippen LogP contribution in [0.4, 0.5) is 9.18 Å². The summed E-state index contributed by atoms with van der Waals surface area (Å²) in [4.78, 5) is 31.6. The number of rotatable bonds is 10. The molecule has 0 atom stereocenters. The molecule has 0 radical (unpaired) electrons. The van der Waals surface area contributed by atoms with Crippen molar-refractivity contribution < 1.29 is 23.5 Å². The molecule has 6 rings (SSSR count). The highest BCUT2D eigenvalue weighted by molar-refractivity contribution is 7.97. The van der Waals surface area contributed by atoms with Crippen LogP contribution < -0.4 is 10.1 Å². The highest BCUT2D eigenvalue weighted by Gasteiger charge is 2.23. The zero-order valence-electron chi connectivity index (χ0n) is 30.4. The number of hydrogen-bond acceptors (Lipinski definition) is 8. The number of nitrogens with one attached hydrogen (secondary N) is 1. The minimum Gasteiger partial charge on any atom is -0.493 e. The Kier molecular flexibility index (Phi) is 14.6. The summed E-state index contributed by atoms with van der Waals surface area (Å²) >= 11 is 1.85. The summed E-state index contributed by atoms with van der Waals surface area (Å²) in [6, 6.07) is 20.3. The Morgan fingerprint density at radius 1 is 0.902 bits per heavy atom. The topological polar surface area (TPSA) is 87.2 Å². The number of nitrogens with zero attached hydrogens (tertiary/aromatic N) is 4. The third-order valence-corrected chi connectivity index (χ3v) is 10.5. The lowest BCUT2D eigenvalue weighted by Crippen LogP contribution is -2.45. The third kappa shape index (κ3) is 13.4. The number of halogens is 1. The smallest absolute Gasteiger partial charge is 0.407 e. The van der Waals surface area contributed by atoms with Crippen LogP contribution >= 0.6 is 11.9 Å². The highest BCUT2D eigenvalue weighted by atomic mass is 32.2. The number of amides is 2. The Balaban J connectivity index is 0.000000265. The molecule has 2 amide bonds. The van der Waals surface area contributed by atoms with E-state index in [1.165, 1.54) is 54.8 Å². The molecule has 9 nitrogen and oxygen atoms in total. The molecule has 0 spiro atoms. The maximum Gasteiger partial charge on any atom is 0.407 e. The maximum atomic E-state index is 13.1. The van der Waals surface area contributed by atoms with Gasteiger partial charge in [-0.25, -0.2) is 13.5 Å². The Morgan fingerprint density at radius 3 is 2.20 bits per heavy atom. The lowest BCUT2D eigenvalue weighted by atomic mass is 9.90. The molecule has 51 heavy (non-hydrogen) atoms. The van der Waals surface area contributed by atoms with Gasteiger partial charge in [-0.15, -0.1) is 0 Å². The summed E-state index contributed by atoms with van der Waals surface area (Å²) in [5, 5.41) is 2.82. The van der Waals surface area contributed by atoms with E-state index >= 15 is 0 Å². The minimum absolute atomic E-state index is 0.117. The maximum absolute atomic E-state index is 13.1. The average molecular weight is 720 g/mol. The minimum atomic E-state index is -0.465. The van der Waals surface area contributed by atoms with Crippen LogP contribution in [0.15, 0.2) is 71.8 Å². The number of hydrogen-bond donors (Lipinski definition) is 1. The van der Waals surface area contributed by atoms with Crippen molar-refractivity contribution in [3.8, 4) is 17.0 Å². The quantitative estimate of drug-likeness (QED) is 0.168. The van der Waals surface area contributed by atoms with Crippen molar-refractivity contribution in [2.45, 2.75) is 88.8 Å². The molecule has 3 fully saturated rings. The number of likely N-dealkylation sites (tertiary alicyclic amines) is 1. The van der Waals surface area contributed by atoms with Crippen LogP contribution in [-0.2, 0) is 16.1 Å². The lowest BCUT2D eigenvalue weighted by Gasteiger charge is -2.33. The fraction of sp³-hybridized carbons (Fsp3) is 0.525. The van der Waals surface area contributed by atoms with Gasteiger partial charge in [0.1, 0.15) is 17.2 Å². The van der Waals surface area contributed by atoms with Crippen LogP contribution in [0.3, 0.4) is 0 Å². The van der Waals surface area contributed by atoms with Crippen molar-refractivity contribution >= 4 is 24.5 Å². The van der Waals surface area contributed by atoms with E-state index < -0.39 is 5.60 Å². The van der Waals surface area contributed by atoms with E-state index in [1.54, 1.807) is 11.0 Å². The molecule has 1 saturated carbocycles. The fourth-order valence-electron chi connectivity index (χ4n) is 6.50. The molecule has 276 valence electrons. The van der Waals surface area contributed by atoms with Gasteiger partial charge in [0, 0.05) is 62.3 Å². The summed E-state index contributed by atoms with van der Waals surface area (Å²) in [6.07, 6.45) is 10.1. The van der Waals surface area contributed by atoms with Gasteiger partial charge >= 0.3 is 6.09 Å². The number of pyridine rings is 1. The molecule has 2 aliphatic heterocycles. The van der Waals surface area contributed by atoms with E-state index in [9.17, 15) is 14.0 Å². The lowest BCUT2D eigenvalue weighted by molar-refractivity contribution is -0.119. The van der Waals surface area contributed by atoms with Crippen LogP contribution in [-0.4, -0.2) is 89.1 Å². The number of piperidine rings is 1. The molecule has 0 unspecified atom stereocenters. The van der Waals surface area contributed by atoms with E-state index in [0.29, 0.717) is 13.1 Å². The van der Waals surface area contributed by atoms with Gasteiger partial charge in [0.2, 0.25) is 6.41 Å². The summed E-state index contributed by atoms with van der Waals surface area (Å²) in [5.41, 5.74) is 2.64. The van der Waals surface area contributed by atoms with E-state index in [0.717, 1.165) is 81.5 Å². The molecule has 3 aliphatic rings. The molecule has 2 saturated heterocycles. The first kappa shape index (κ1) is 38.6. The molecule has 3 aromatic rings. The van der Waals surface area contributed by atoms with Crippen molar-refractivity contribution in [3.05, 3.63) is 78.2 Å². The normalized spacial score (nSPS) is 18.0. The second kappa shape index (κ2) is 19.2. The molecular formula is C40H54FN5O4S. The summed E-state index contributed by atoms with van der Waals surface area (Å²) in [5.74, 6) is 1.42. The molecule has 3 heterocycles. The summed E-state index contributed by atoms with van der Waals surface area (Å²) in [7, 11) is 0. The molecule has 11 heteroatoms. The number of aromatic nitrogens is 1. The van der Waals surface area contributed by atoms with Crippen LogP contribution in [0, 0.1) is 11.7 Å². The van der Waals surface area contributed by atoms with Crippen LogP contribution in [0.25, 0.3) is 11.3 Å². The number of carbonyl (C=O) groups is 2. The first-order valence-electron chi connectivity index (χ1n) is 18.4. The van der Waals surface area contributed by atoms with Crippen LogP contribution in [0.2, 0.25) is 0 Å². The molecule has 0 bridgehead atoms. The van der Waals surface area contributed by atoms with E-state index in [-0.39, 0.29) is 18.0 Å². The SMILES string of the molecule is CC(C)(C)OC(=O)NC1CCN(C=O)CC1.Fc1ccc(-c2ccc(CN3CCN(Sc4ccc(OCC5CCCCC5)cc4)CC3)cc2)nc1. The Bertz CT molecular complexity index is 1480. The zero-order valence-corrected chi connectivity index (χ0v) is 31.2. The Hall–Kier alpha value is -3.67. The van der Waals surface area contributed by atoms with Crippen LogP contribution in [0.5, 0.6) is 5.75 Å². The van der Waals surface area contributed by atoms with Gasteiger partial charge in [-0.2, -0.15) is 0 Å². The number of piperazine rings is 1. The van der Waals surface area contributed by atoms with Crippen molar-refractivity contribution in [1.82, 2.24) is 24.4 Å². The van der Waals surface area contributed by atoms with Gasteiger partial charge in [-0.1, -0.05) is 43.5 Å². The van der Waals surface area contributed by atoms with Crippen molar-refractivity contribution in [2.75, 3.05) is 45.9 Å². The summed E-state index contributed by atoms with van der Waals surface area (Å²) in [6.45, 7) is 12.9. The van der Waals surface area contributed by atoms with Gasteiger partial charge in [-0.3, -0.25) is 14.7 Å². The Morgan fingerprint density at radius 2 is 1.59 bits per heavy atom. The second-order valence-corrected chi connectivity index (χ2v) is 15.9. The number of ether oxygens (including phenoxy) is 2. The van der Waals surface area contributed by atoms with Gasteiger partial charge in [-0.05, 0) is 106 Å². The third-order valence-electron chi connectivity index (χ3n) is 9.38. The second-order valence-electron chi connectivity index (χ2n) is 14.7. The molecule has 1 aromatic heterocycles. The van der Waals surface area contributed by atoms with E-state index in [1.807, 2.05) is 32.7 Å². The van der Waals surface area contributed by atoms with Crippen molar-refractivity contribution in [1.29, 1.82) is 0 Å². The number of benzene rings is 2. The average Bonchev–Trinajstić information content (AvgIpc) is 3.13. The van der Waals surface area contributed by atoms with Crippen molar-refractivity contribution in [3.63, 3.8) is 0 Å². The van der Waals surface area contributed by atoms with Crippen molar-refractivity contribution in [2.24, 2.45) is 5.92 Å². The fourth-order valence-corrected chi connectivity index (χ4v) is 7.40. The molecule has 1 aliphatic carbocycles. The first-order valence-corrected chi connectivity index (χ1v) is 19.2. The highest BCUT2D eigenvalue weighted by Crippen LogP contribution is 2.28. The summed E-state index contributed by atoms with van der Waals surface area (Å²) < 4.78 is 26.8. The molecule has 1 N–H and O–H groups in total. The number of carbonyl (C=O) groups excluding carboxylic acids is 2. The Labute approximate surface area is 307 Å². The van der Waals surface area contributed by atoms with Gasteiger partial charge in [0.15, 0.2) is 0 Å². The largest absolute Gasteiger partial charge is 0.493 e. The van der Waals surface area contributed by atoms with Gasteiger partial charge < -0.3 is 19.7 Å². The van der Waals surface area contributed by atoms with E-state index in [2.05, 4.69) is 68.0 Å². The predicted octanol–water partition coefficient (Wildman–Crippen LogP) is 7.80. The monoisotopic (exact) mass is 719 g/mol.